The van der Waals surface area contributed by atoms with Gasteiger partial charge in [-0.05, 0) is 34.1 Å². The molecule has 2 aliphatic rings. The van der Waals surface area contributed by atoms with Gasteiger partial charge >= 0.3 is 0 Å². The van der Waals surface area contributed by atoms with Crippen LogP contribution >= 0.6 is 0 Å². The van der Waals surface area contributed by atoms with Gasteiger partial charge < -0.3 is 15.2 Å². The number of morpholine rings is 1. The maximum Gasteiger partial charge on any atom is 0.0788 e. The van der Waals surface area contributed by atoms with E-state index in [0.29, 0.717) is 12.0 Å². The molecule has 4 nitrogen and oxygen atoms in total. The van der Waals surface area contributed by atoms with Gasteiger partial charge in [0, 0.05) is 31.6 Å². The van der Waals surface area contributed by atoms with Crippen LogP contribution in [0.5, 0.6) is 0 Å². The highest BCUT2D eigenvalue weighted by molar-refractivity contribution is 5.04. The van der Waals surface area contributed by atoms with Crippen molar-refractivity contribution in [1.29, 1.82) is 0 Å². The predicted octanol–water partition coefficient (Wildman–Crippen LogP) is 1.63. The van der Waals surface area contributed by atoms with Crippen LogP contribution in [-0.4, -0.2) is 54.5 Å². The fourth-order valence-corrected chi connectivity index (χ4v) is 3.54. The zero-order valence-corrected chi connectivity index (χ0v) is 13.1. The number of rotatable bonds is 3. The van der Waals surface area contributed by atoms with Crippen LogP contribution in [0, 0.1) is 5.92 Å². The Balaban J connectivity index is 2.01. The normalized spacial score (nSPS) is 38.5. The van der Waals surface area contributed by atoms with Gasteiger partial charge in [-0.1, -0.05) is 6.92 Å². The predicted molar refractivity (Wildman–Crippen MR) is 77.2 cm³/mol. The van der Waals surface area contributed by atoms with E-state index in [1.54, 1.807) is 0 Å². The summed E-state index contributed by atoms with van der Waals surface area (Å²) >= 11 is 0. The molecule has 2 rings (SSSR count). The van der Waals surface area contributed by atoms with Crippen molar-refractivity contribution < 1.29 is 9.47 Å². The first kappa shape index (κ1) is 15.2. The van der Waals surface area contributed by atoms with Crippen molar-refractivity contribution in [2.24, 2.45) is 11.7 Å². The zero-order chi connectivity index (χ0) is 14.3. The summed E-state index contributed by atoms with van der Waals surface area (Å²) in [6, 6.07) is 0.0884. The molecule has 19 heavy (non-hydrogen) atoms. The monoisotopic (exact) mass is 270 g/mol. The Labute approximate surface area is 117 Å². The standard InChI is InChI=1S/C15H30N2O2/c1-6-11-9-17(7-8-18-11)10-12-13(16)15(4,5)19-14(12,2)3/h11-13H,6-10,16H2,1-5H3. The minimum absolute atomic E-state index is 0.0884. The first-order chi connectivity index (χ1) is 8.76. The largest absolute Gasteiger partial charge is 0.376 e. The first-order valence-electron chi connectivity index (χ1n) is 7.56. The smallest absolute Gasteiger partial charge is 0.0788 e. The van der Waals surface area contributed by atoms with Crippen LogP contribution in [-0.2, 0) is 9.47 Å². The van der Waals surface area contributed by atoms with Crippen LogP contribution in [0.4, 0.5) is 0 Å². The summed E-state index contributed by atoms with van der Waals surface area (Å²) in [4.78, 5) is 2.49. The molecule has 2 saturated heterocycles. The molecule has 0 aromatic heterocycles. The molecule has 0 amide bonds. The van der Waals surface area contributed by atoms with Crippen LogP contribution in [0.25, 0.3) is 0 Å². The van der Waals surface area contributed by atoms with Crippen LogP contribution in [0.3, 0.4) is 0 Å². The second-order valence-electron chi connectivity index (χ2n) is 7.10. The van der Waals surface area contributed by atoms with Crippen molar-refractivity contribution in [3.05, 3.63) is 0 Å². The number of hydrogen-bond donors (Lipinski definition) is 1. The summed E-state index contributed by atoms with van der Waals surface area (Å²) in [5.41, 5.74) is 6.05. The Kier molecular flexibility index (Phi) is 4.26. The van der Waals surface area contributed by atoms with Crippen LogP contribution < -0.4 is 5.73 Å². The SMILES string of the molecule is CCC1CN(CC2C(N)C(C)(C)OC2(C)C)CCO1. The lowest BCUT2D eigenvalue weighted by Gasteiger charge is -2.37. The summed E-state index contributed by atoms with van der Waals surface area (Å²) < 4.78 is 11.9. The van der Waals surface area contributed by atoms with Crippen molar-refractivity contribution in [1.82, 2.24) is 4.90 Å². The highest BCUT2D eigenvalue weighted by Gasteiger charge is 2.52. The molecule has 2 heterocycles. The molecule has 0 aromatic carbocycles. The number of ether oxygens (including phenoxy) is 2. The summed E-state index contributed by atoms with van der Waals surface area (Å²) in [6.45, 7) is 14.6. The highest BCUT2D eigenvalue weighted by atomic mass is 16.5. The van der Waals surface area contributed by atoms with E-state index in [9.17, 15) is 0 Å². The Morgan fingerprint density at radius 3 is 2.42 bits per heavy atom. The van der Waals surface area contributed by atoms with E-state index in [1.807, 2.05) is 0 Å². The van der Waals surface area contributed by atoms with Gasteiger partial charge in [0.05, 0.1) is 23.9 Å². The molecule has 0 aromatic rings. The fourth-order valence-electron chi connectivity index (χ4n) is 3.54. The minimum Gasteiger partial charge on any atom is -0.376 e. The number of hydrogen-bond acceptors (Lipinski definition) is 4. The highest BCUT2D eigenvalue weighted by Crippen LogP contribution is 2.41. The van der Waals surface area contributed by atoms with Crippen molar-refractivity contribution in [2.75, 3.05) is 26.2 Å². The molecular formula is C15H30N2O2. The molecule has 0 saturated carbocycles. The van der Waals surface area contributed by atoms with Crippen molar-refractivity contribution >= 4 is 0 Å². The van der Waals surface area contributed by atoms with E-state index >= 15 is 0 Å². The third-order valence-electron chi connectivity index (χ3n) is 4.79. The Bertz CT molecular complexity index is 317. The lowest BCUT2D eigenvalue weighted by atomic mass is 9.82. The summed E-state index contributed by atoms with van der Waals surface area (Å²) in [6.07, 6.45) is 1.46. The lowest BCUT2D eigenvalue weighted by molar-refractivity contribution is -0.0837. The molecule has 2 N–H and O–H groups in total. The molecule has 0 bridgehead atoms. The fraction of sp³-hybridized carbons (Fsp3) is 1.00. The van der Waals surface area contributed by atoms with E-state index in [1.165, 1.54) is 0 Å². The molecular weight excluding hydrogens is 240 g/mol. The molecule has 3 unspecified atom stereocenters. The van der Waals surface area contributed by atoms with E-state index < -0.39 is 0 Å². The average Bonchev–Trinajstić information content (AvgIpc) is 2.48. The maximum atomic E-state index is 6.43. The second kappa shape index (κ2) is 5.32. The summed E-state index contributed by atoms with van der Waals surface area (Å²) in [5.74, 6) is 0.373. The Hall–Kier alpha value is -0.160. The maximum absolute atomic E-state index is 6.43. The molecule has 2 aliphatic heterocycles. The van der Waals surface area contributed by atoms with Crippen molar-refractivity contribution in [2.45, 2.75) is 64.4 Å². The third kappa shape index (κ3) is 3.13. The number of nitrogens with zero attached hydrogens (tertiary/aromatic N) is 1. The molecule has 112 valence electrons. The van der Waals surface area contributed by atoms with E-state index in [4.69, 9.17) is 15.2 Å². The van der Waals surface area contributed by atoms with Gasteiger partial charge in [-0.2, -0.15) is 0 Å². The van der Waals surface area contributed by atoms with Crippen LogP contribution in [0.1, 0.15) is 41.0 Å². The van der Waals surface area contributed by atoms with Gasteiger partial charge in [0.2, 0.25) is 0 Å². The number of nitrogens with two attached hydrogens (primary N) is 1. The van der Waals surface area contributed by atoms with Gasteiger partial charge in [0.15, 0.2) is 0 Å². The van der Waals surface area contributed by atoms with Crippen LogP contribution in [0.15, 0.2) is 0 Å². The van der Waals surface area contributed by atoms with Gasteiger partial charge in [0.1, 0.15) is 0 Å². The van der Waals surface area contributed by atoms with Gasteiger partial charge in [-0.25, -0.2) is 0 Å². The Morgan fingerprint density at radius 1 is 1.21 bits per heavy atom. The van der Waals surface area contributed by atoms with Gasteiger partial charge in [-0.3, -0.25) is 4.90 Å². The topological polar surface area (TPSA) is 47.7 Å². The molecule has 3 atom stereocenters. The average molecular weight is 270 g/mol. The van der Waals surface area contributed by atoms with E-state index in [2.05, 4.69) is 39.5 Å². The first-order valence-corrected chi connectivity index (χ1v) is 7.56. The summed E-state index contributed by atoms with van der Waals surface area (Å²) in [7, 11) is 0. The van der Waals surface area contributed by atoms with Crippen LogP contribution in [0.2, 0.25) is 0 Å². The molecule has 2 fully saturated rings. The minimum atomic E-state index is -0.232. The van der Waals surface area contributed by atoms with Crippen molar-refractivity contribution in [3.8, 4) is 0 Å². The third-order valence-corrected chi connectivity index (χ3v) is 4.79. The zero-order valence-electron chi connectivity index (χ0n) is 13.1. The summed E-state index contributed by atoms with van der Waals surface area (Å²) in [5, 5.41) is 0. The molecule has 4 heteroatoms. The molecule has 0 radical (unpaired) electrons. The quantitative estimate of drug-likeness (QED) is 0.847. The van der Waals surface area contributed by atoms with E-state index in [0.717, 1.165) is 32.7 Å². The Morgan fingerprint density at radius 2 is 1.89 bits per heavy atom. The molecule has 0 spiro atoms. The van der Waals surface area contributed by atoms with Gasteiger partial charge in [0.25, 0.3) is 0 Å². The van der Waals surface area contributed by atoms with Gasteiger partial charge in [-0.15, -0.1) is 0 Å². The lowest BCUT2D eigenvalue weighted by Crippen LogP contribution is -2.51. The molecule has 0 aliphatic carbocycles. The van der Waals surface area contributed by atoms with E-state index in [-0.39, 0.29) is 17.2 Å². The second-order valence-corrected chi connectivity index (χ2v) is 7.10. The van der Waals surface area contributed by atoms with Crippen molar-refractivity contribution in [3.63, 3.8) is 0 Å².